The number of hydrogen-bond acceptors (Lipinski definition) is 3. The molecule has 0 bridgehead atoms. The lowest BCUT2D eigenvalue weighted by Crippen LogP contribution is -2.33. The van der Waals surface area contributed by atoms with Crippen LogP contribution in [0, 0.1) is 0 Å². The number of likely N-dealkylation sites (N-methyl/N-ethyl adjacent to an activating group) is 1. The Kier molecular flexibility index (Phi) is 5.41. The average Bonchev–Trinajstić information content (AvgIpc) is 3.23. The highest BCUT2D eigenvalue weighted by Crippen LogP contribution is 2.30. The van der Waals surface area contributed by atoms with E-state index >= 15 is 0 Å². The van der Waals surface area contributed by atoms with Crippen molar-refractivity contribution in [2.24, 2.45) is 0 Å². The first-order valence-electron chi connectivity index (χ1n) is 7.84. The molecule has 1 aromatic rings. The van der Waals surface area contributed by atoms with Gasteiger partial charge in [-0.3, -0.25) is 0 Å². The number of hydrogen-bond donors (Lipinski definition) is 2. The number of benzene rings is 1. The van der Waals surface area contributed by atoms with Gasteiger partial charge in [0.2, 0.25) is 10.0 Å². The molecule has 21 heavy (non-hydrogen) atoms. The molecule has 2 rings (SSSR count). The highest BCUT2D eigenvalue weighted by Gasteiger charge is 2.31. The van der Waals surface area contributed by atoms with Gasteiger partial charge in [0.1, 0.15) is 0 Å². The third-order valence-corrected chi connectivity index (χ3v) is 5.67. The summed E-state index contributed by atoms with van der Waals surface area (Å²) in [5, 5.41) is 3.41. The van der Waals surface area contributed by atoms with Gasteiger partial charge in [0.15, 0.2) is 0 Å². The normalized spacial score (nSPS) is 18.4. The number of sulfonamides is 1. The molecule has 1 aromatic carbocycles. The minimum atomic E-state index is -3.41. The Morgan fingerprint density at radius 2 is 1.90 bits per heavy atom. The van der Waals surface area contributed by atoms with Crippen molar-refractivity contribution in [1.82, 2.24) is 10.0 Å². The van der Waals surface area contributed by atoms with Crippen molar-refractivity contribution >= 4 is 10.0 Å². The highest BCUT2D eigenvalue weighted by molar-refractivity contribution is 7.89. The lowest BCUT2D eigenvalue weighted by molar-refractivity contribution is 0.454. The Bertz CT molecular complexity index is 567. The summed E-state index contributed by atoms with van der Waals surface area (Å²) in [5.41, 5.74) is 0.918. The van der Waals surface area contributed by atoms with E-state index in [2.05, 4.69) is 30.8 Å². The van der Waals surface area contributed by atoms with E-state index in [1.807, 2.05) is 12.1 Å². The van der Waals surface area contributed by atoms with Crippen LogP contribution >= 0.6 is 0 Å². The Morgan fingerprint density at radius 1 is 1.24 bits per heavy atom. The van der Waals surface area contributed by atoms with Crippen molar-refractivity contribution in [2.45, 2.75) is 62.9 Å². The summed E-state index contributed by atoms with van der Waals surface area (Å²) in [6.45, 7) is 7.18. The summed E-state index contributed by atoms with van der Waals surface area (Å²) < 4.78 is 27.9. The van der Waals surface area contributed by atoms with Crippen LogP contribution in [-0.4, -0.2) is 27.0 Å². The van der Waals surface area contributed by atoms with E-state index in [1.54, 1.807) is 12.1 Å². The lowest BCUT2D eigenvalue weighted by atomic mass is 9.90. The van der Waals surface area contributed by atoms with Crippen LogP contribution in [0.15, 0.2) is 29.2 Å². The third-order valence-electron chi connectivity index (χ3n) is 4.08. The van der Waals surface area contributed by atoms with E-state index in [-0.39, 0.29) is 18.0 Å². The van der Waals surface area contributed by atoms with Crippen LogP contribution in [0.4, 0.5) is 0 Å². The maximum absolute atomic E-state index is 12.6. The van der Waals surface area contributed by atoms with Gasteiger partial charge in [-0.1, -0.05) is 32.0 Å². The third kappa shape index (κ3) is 4.05. The van der Waals surface area contributed by atoms with Crippen LogP contribution in [0.2, 0.25) is 0 Å². The first-order valence-corrected chi connectivity index (χ1v) is 9.32. The van der Waals surface area contributed by atoms with E-state index in [4.69, 9.17) is 0 Å². The van der Waals surface area contributed by atoms with Crippen molar-refractivity contribution in [3.63, 3.8) is 0 Å². The van der Waals surface area contributed by atoms with Gasteiger partial charge in [-0.2, -0.15) is 0 Å². The summed E-state index contributed by atoms with van der Waals surface area (Å²) in [4.78, 5) is 0.438. The summed E-state index contributed by atoms with van der Waals surface area (Å²) in [5.74, 6) is 0.192. The molecule has 0 spiro atoms. The van der Waals surface area contributed by atoms with Gasteiger partial charge in [-0.25, -0.2) is 13.1 Å². The summed E-state index contributed by atoms with van der Waals surface area (Å²) in [6.07, 6.45) is 2.81. The van der Waals surface area contributed by atoms with Gasteiger partial charge in [-0.15, -0.1) is 0 Å². The molecule has 2 unspecified atom stereocenters. The second-order valence-corrected chi connectivity index (χ2v) is 7.48. The Labute approximate surface area is 128 Å². The standard InChI is InChI=1S/C16H26N2O2S/c1-4-14(12(3)17-5-2)15-8-6-7-9-16(15)21(19,20)18-13-10-11-13/h6-9,12-14,17-18H,4-5,10-11H2,1-3H3. The van der Waals surface area contributed by atoms with Crippen molar-refractivity contribution in [2.75, 3.05) is 6.54 Å². The minimum Gasteiger partial charge on any atom is -0.314 e. The summed E-state index contributed by atoms with van der Waals surface area (Å²) in [7, 11) is -3.41. The largest absolute Gasteiger partial charge is 0.314 e. The highest BCUT2D eigenvalue weighted by atomic mass is 32.2. The van der Waals surface area contributed by atoms with E-state index < -0.39 is 10.0 Å². The fourth-order valence-electron chi connectivity index (χ4n) is 2.82. The molecule has 1 aliphatic carbocycles. The molecule has 0 aromatic heterocycles. The van der Waals surface area contributed by atoms with Gasteiger partial charge in [0, 0.05) is 18.0 Å². The smallest absolute Gasteiger partial charge is 0.241 e. The lowest BCUT2D eigenvalue weighted by Gasteiger charge is -2.26. The van der Waals surface area contributed by atoms with Crippen LogP contribution in [-0.2, 0) is 10.0 Å². The predicted molar refractivity (Wildman–Crippen MR) is 86.0 cm³/mol. The molecule has 0 amide bonds. The second kappa shape index (κ2) is 6.90. The summed E-state index contributed by atoms with van der Waals surface area (Å²) in [6, 6.07) is 7.78. The maximum Gasteiger partial charge on any atom is 0.241 e. The molecular formula is C16H26N2O2S. The zero-order valence-corrected chi connectivity index (χ0v) is 13.9. The average molecular weight is 310 g/mol. The topological polar surface area (TPSA) is 58.2 Å². The van der Waals surface area contributed by atoms with Crippen LogP contribution < -0.4 is 10.0 Å². The molecule has 0 aliphatic heterocycles. The zero-order chi connectivity index (χ0) is 15.5. The van der Waals surface area contributed by atoms with E-state index in [0.29, 0.717) is 4.90 Å². The number of nitrogens with one attached hydrogen (secondary N) is 2. The van der Waals surface area contributed by atoms with Crippen LogP contribution in [0.3, 0.4) is 0 Å². The second-order valence-electron chi connectivity index (χ2n) is 5.79. The molecule has 0 heterocycles. The van der Waals surface area contributed by atoms with E-state index in [9.17, 15) is 8.42 Å². The minimum absolute atomic E-state index is 0.134. The van der Waals surface area contributed by atoms with Gasteiger partial charge in [-0.05, 0) is 44.4 Å². The van der Waals surface area contributed by atoms with Gasteiger partial charge in [0.25, 0.3) is 0 Å². The SMILES string of the molecule is CCNC(C)C(CC)c1ccccc1S(=O)(=O)NC1CC1. The first-order chi connectivity index (χ1) is 9.99. The van der Waals surface area contributed by atoms with Crippen molar-refractivity contribution in [3.05, 3.63) is 29.8 Å². The van der Waals surface area contributed by atoms with Crippen molar-refractivity contribution < 1.29 is 8.42 Å². The fourth-order valence-corrected chi connectivity index (χ4v) is 4.41. The molecule has 4 nitrogen and oxygen atoms in total. The number of rotatable bonds is 8. The Morgan fingerprint density at radius 3 is 2.48 bits per heavy atom. The summed E-state index contributed by atoms with van der Waals surface area (Å²) >= 11 is 0. The van der Waals surface area contributed by atoms with Crippen LogP contribution in [0.25, 0.3) is 0 Å². The van der Waals surface area contributed by atoms with Crippen molar-refractivity contribution in [3.8, 4) is 0 Å². The quantitative estimate of drug-likeness (QED) is 0.776. The van der Waals surface area contributed by atoms with Crippen molar-refractivity contribution in [1.29, 1.82) is 0 Å². The van der Waals surface area contributed by atoms with E-state index in [0.717, 1.165) is 31.4 Å². The molecule has 0 radical (unpaired) electrons. The monoisotopic (exact) mass is 310 g/mol. The Balaban J connectivity index is 2.34. The molecule has 118 valence electrons. The Hall–Kier alpha value is -0.910. The molecule has 1 fully saturated rings. The molecule has 2 N–H and O–H groups in total. The molecular weight excluding hydrogens is 284 g/mol. The fraction of sp³-hybridized carbons (Fsp3) is 0.625. The first kappa shape index (κ1) is 16.5. The molecule has 0 saturated heterocycles. The van der Waals surface area contributed by atoms with Gasteiger partial charge >= 0.3 is 0 Å². The molecule has 1 aliphatic rings. The maximum atomic E-state index is 12.6. The van der Waals surface area contributed by atoms with Gasteiger partial charge < -0.3 is 5.32 Å². The zero-order valence-electron chi connectivity index (χ0n) is 13.1. The van der Waals surface area contributed by atoms with E-state index in [1.165, 1.54) is 0 Å². The van der Waals surface area contributed by atoms with Gasteiger partial charge in [0.05, 0.1) is 4.90 Å². The van der Waals surface area contributed by atoms with Crippen LogP contribution in [0.1, 0.15) is 51.5 Å². The predicted octanol–water partition coefficient (Wildman–Crippen LogP) is 2.62. The molecule has 2 atom stereocenters. The van der Waals surface area contributed by atoms with Crippen LogP contribution in [0.5, 0.6) is 0 Å². The molecule has 1 saturated carbocycles. The molecule has 5 heteroatoms.